The maximum absolute atomic E-state index is 14.0. The van der Waals surface area contributed by atoms with Crippen molar-refractivity contribution < 1.29 is 10.2 Å². The van der Waals surface area contributed by atoms with E-state index in [2.05, 4.69) is 15.9 Å². The van der Waals surface area contributed by atoms with Crippen LogP contribution in [0.25, 0.3) is 32.7 Å². The molecule has 0 saturated carbocycles. The van der Waals surface area contributed by atoms with Crippen molar-refractivity contribution in [2.45, 2.75) is 19.5 Å². The van der Waals surface area contributed by atoms with Gasteiger partial charge in [0.2, 0.25) is 5.88 Å². The van der Waals surface area contributed by atoms with E-state index in [1.54, 1.807) is 36.4 Å². The summed E-state index contributed by atoms with van der Waals surface area (Å²) in [5.74, 6) is -0.0525. The minimum atomic E-state index is -0.461. The summed E-state index contributed by atoms with van der Waals surface area (Å²) in [7, 11) is 7.49. The summed E-state index contributed by atoms with van der Waals surface area (Å²) in [4.78, 5) is 50.0. The van der Waals surface area contributed by atoms with Gasteiger partial charge >= 0.3 is 0 Å². The van der Waals surface area contributed by atoms with E-state index >= 15 is 0 Å². The molecule has 1 aliphatic carbocycles. The first-order valence-electron chi connectivity index (χ1n) is 13.3. The molecule has 214 valence electrons. The SMILES string of the molecule is CN(C)CCn1c(O)c2cc(Br)c3c4c2c(c(=NCCc2ccc(O)cc2)cc-4c(=O)n(CCN(C)C)c3=O)c1=O. The van der Waals surface area contributed by atoms with Crippen LogP contribution in [0, 0.1) is 0 Å². The van der Waals surface area contributed by atoms with Gasteiger partial charge in [0.15, 0.2) is 0 Å². The third-order valence-corrected chi connectivity index (χ3v) is 8.01. The molecule has 2 aromatic carbocycles. The first kappa shape index (κ1) is 28.7. The molecule has 5 rings (SSSR count). The van der Waals surface area contributed by atoms with E-state index in [9.17, 15) is 24.6 Å². The van der Waals surface area contributed by atoms with Crippen molar-refractivity contribution in [1.82, 2.24) is 18.9 Å². The van der Waals surface area contributed by atoms with E-state index in [1.807, 2.05) is 38.0 Å². The molecule has 0 fully saturated rings. The van der Waals surface area contributed by atoms with Crippen molar-refractivity contribution >= 4 is 37.5 Å². The smallest absolute Gasteiger partial charge is 0.263 e. The lowest BCUT2D eigenvalue weighted by molar-refractivity contribution is 0.353. The van der Waals surface area contributed by atoms with E-state index in [-0.39, 0.29) is 41.1 Å². The number of aromatic nitrogens is 2. The van der Waals surface area contributed by atoms with Gasteiger partial charge in [0.25, 0.3) is 16.7 Å². The summed E-state index contributed by atoms with van der Waals surface area (Å²) in [6.45, 7) is 1.75. The fourth-order valence-corrected chi connectivity index (χ4v) is 5.81. The molecule has 0 radical (unpaired) electrons. The molecule has 2 aliphatic rings. The molecule has 0 saturated heterocycles. The lowest BCUT2D eigenvalue weighted by Gasteiger charge is -2.21. The Kier molecular flexibility index (Phi) is 7.87. The Morgan fingerprint density at radius 3 is 2.05 bits per heavy atom. The topological polar surface area (TPSA) is 120 Å². The zero-order valence-electron chi connectivity index (χ0n) is 23.4. The maximum atomic E-state index is 14.0. The fourth-order valence-electron chi connectivity index (χ4n) is 5.21. The quantitative estimate of drug-likeness (QED) is 0.242. The summed E-state index contributed by atoms with van der Waals surface area (Å²) in [6, 6.07) is 10.1. The molecule has 0 spiro atoms. The molecule has 1 aromatic heterocycles. The molecule has 3 aromatic rings. The van der Waals surface area contributed by atoms with Crippen LogP contribution in [0.1, 0.15) is 5.56 Å². The van der Waals surface area contributed by atoms with Gasteiger partial charge in [-0.1, -0.05) is 12.1 Å². The maximum Gasteiger partial charge on any atom is 0.263 e. The highest BCUT2D eigenvalue weighted by Crippen LogP contribution is 2.40. The summed E-state index contributed by atoms with van der Waals surface area (Å²) < 4.78 is 2.98. The number of halogens is 1. The van der Waals surface area contributed by atoms with Gasteiger partial charge in [-0.15, -0.1) is 0 Å². The second-order valence-corrected chi connectivity index (χ2v) is 11.7. The van der Waals surface area contributed by atoms with Crippen molar-refractivity contribution in [3.8, 4) is 22.8 Å². The van der Waals surface area contributed by atoms with E-state index in [1.165, 1.54) is 9.13 Å². The number of pyridine rings is 2. The molecular formula is C30H32BrN5O5. The zero-order chi connectivity index (χ0) is 29.6. The van der Waals surface area contributed by atoms with Gasteiger partial charge in [0.05, 0.1) is 21.7 Å². The Morgan fingerprint density at radius 2 is 1.41 bits per heavy atom. The average molecular weight is 623 g/mol. The summed E-state index contributed by atoms with van der Waals surface area (Å²) in [5, 5.41) is 22.5. The molecule has 2 heterocycles. The van der Waals surface area contributed by atoms with Crippen molar-refractivity contribution in [2.75, 3.05) is 47.8 Å². The van der Waals surface area contributed by atoms with Crippen LogP contribution in [0.5, 0.6) is 11.6 Å². The molecule has 41 heavy (non-hydrogen) atoms. The molecule has 0 unspecified atom stereocenters. The minimum absolute atomic E-state index is 0.171. The van der Waals surface area contributed by atoms with Gasteiger partial charge in [-0.25, -0.2) is 0 Å². The molecule has 1 aliphatic heterocycles. The van der Waals surface area contributed by atoms with Gasteiger partial charge in [0, 0.05) is 53.5 Å². The standard InChI is InChI=1S/C30H32BrN5O5/c1-33(2)11-13-35-28(39)20-16-22(32-10-9-17-5-7-18(37)8-6-17)26-24-19(15-21(31)25(23(20)24)29(35)40)27(38)36(30(26)41)14-12-34(3)4/h5-8,15-16,37-38H,9-14H2,1-4H3. The van der Waals surface area contributed by atoms with Gasteiger partial charge in [-0.3, -0.25) is 28.5 Å². The normalized spacial score (nSPS) is 12.7. The highest BCUT2D eigenvalue weighted by atomic mass is 79.9. The Labute approximate surface area is 244 Å². The second kappa shape index (κ2) is 11.2. The molecular weight excluding hydrogens is 590 g/mol. The Hall–Kier alpha value is -3.80. The number of likely N-dealkylation sites (N-methyl/N-ethyl adjacent to an activating group) is 2. The first-order valence-corrected chi connectivity index (χ1v) is 14.1. The van der Waals surface area contributed by atoms with Gasteiger partial charge in [0.1, 0.15) is 5.75 Å². The number of phenols is 1. The molecule has 11 heteroatoms. The largest absolute Gasteiger partial charge is 0.508 e. The van der Waals surface area contributed by atoms with E-state index in [0.29, 0.717) is 52.2 Å². The number of nitrogens with zero attached hydrogens (tertiary/aromatic N) is 5. The molecule has 0 atom stereocenters. The number of hydrogen-bond acceptors (Lipinski definition) is 8. The second-order valence-electron chi connectivity index (χ2n) is 10.8. The molecule has 2 N–H and O–H groups in total. The predicted molar refractivity (Wildman–Crippen MR) is 164 cm³/mol. The summed E-state index contributed by atoms with van der Waals surface area (Å²) in [5.41, 5.74) is 0.228. The lowest BCUT2D eigenvalue weighted by Crippen LogP contribution is -2.39. The van der Waals surface area contributed by atoms with E-state index in [0.717, 1.165) is 5.56 Å². The number of aromatic hydroxyl groups is 2. The third-order valence-electron chi connectivity index (χ3n) is 7.39. The van der Waals surface area contributed by atoms with Crippen LogP contribution in [0.2, 0.25) is 0 Å². The van der Waals surface area contributed by atoms with Crippen LogP contribution >= 0.6 is 15.9 Å². The number of benzene rings is 3. The average Bonchev–Trinajstić information content (AvgIpc) is 2.91. The highest BCUT2D eigenvalue weighted by molar-refractivity contribution is 9.10. The van der Waals surface area contributed by atoms with E-state index < -0.39 is 16.7 Å². The molecule has 0 amide bonds. The van der Waals surface area contributed by atoms with Crippen LogP contribution in [0.15, 0.2) is 60.2 Å². The first-order chi connectivity index (χ1) is 19.5. The van der Waals surface area contributed by atoms with Crippen LogP contribution in [-0.4, -0.2) is 77.0 Å². The molecule has 10 nitrogen and oxygen atoms in total. The summed E-state index contributed by atoms with van der Waals surface area (Å²) in [6.07, 6.45) is 0.544. The third kappa shape index (κ3) is 5.20. The van der Waals surface area contributed by atoms with Crippen molar-refractivity contribution in [3.05, 3.63) is 82.9 Å². The van der Waals surface area contributed by atoms with Crippen LogP contribution in [0.4, 0.5) is 0 Å². The van der Waals surface area contributed by atoms with Crippen molar-refractivity contribution in [3.63, 3.8) is 0 Å². The Morgan fingerprint density at radius 1 is 0.805 bits per heavy atom. The number of phenolic OH excluding ortho intramolecular Hbond substituents is 1. The zero-order valence-corrected chi connectivity index (χ0v) is 25.0. The van der Waals surface area contributed by atoms with Crippen LogP contribution < -0.4 is 22.0 Å². The van der Waals surface area contributed by atoms with Crippen molar-refractivity contribution in [2.24, 2.45) is 4.99 Å². The minimum Gasteiger partial charge on any atom is -0.508 e. The fraction of sp³-hybridized carbons (Fsp3) is 0.333. The monoisotopic (exact) mass is 621 g/mol. The summed E-state index contributed by atoms with van der Waals surface area (Å²) >= 11 is 3.52. The molecule has 0 bridgehead atoms. The van der Waals surface area contributed by atoms with Crippen LogP contribution in [-0.2, 0) is 19.5 Å². The predicted octanol–water partition coefficient (Wildman–Crippen LogP) is 2.10. The number of rotatable bonds is 9. The van der Waals surface area contributed by atoms with E-state index in [4.69, 9.17) is 4.99 Å². The van der Waals surface area contributed by atoms with Gasteiger partial charge in [-0.2, -0.15) is 0 Å². The Bertz CT molecular complexity index is 1950. The Balaban J connectivity index is 1.86. The highest BCUT2D eigenvalue weighted by Gasteiger charge is 2.28. The van der Waals surface area contributed by atoms with Crippen LogP contribution in [0.3, 0.4) is 0 Å². The number of hydrogen-bond donors (Lipinski definition) is 2. The van der Waals surface area contributed by atoms with Crippen molar-refractivity contribution in [1.29, 1.82) is 0 Å². The van der Waals surface area contributed by atoms with Gasteiger partial charge < -0.3 is 20.0 Å². The lowest BCUT2D eigenvalue weighted by atomic mass is 9.90. The van der Waals surface area contributed by atoms with Gasteiger partial charge in [-0.05, 0) is 80.4 Å².